The summed E-state index contributed by atoms with van der Waals surface area (Å²) in [5.74, 6) is -0.0940. The lowest BCUT2D eigenvalue weighted by atomic mass is 10.0. The summed E-state index contributed by atoms with van der Waals surface area (Å²) in [4.78, 5) is 21.5. The molecule has 1 aromatic carbocycles. The lowest BCUT2D eigenvalue weighted by Crippen LogP contribution is -2.26. The number of nitrogens with one attached hydrogen (secondary N) is 1. The molecular weight excluding hydrogens is 326 g/mol. The maximum atomic E-state index is 12.7. The molecule has 0 saturated carbocycles. The van der Waals surface area contributed by atoms with E-state index in [1.807, 2.05) is 56.3 Å². The minimum Gasteiger partial charge on any atom is -0.379 e. The van der Waals surface area contributed by atoms with Crippen molar-refractivity contribution >= 4 is 16.8 Å². The lowest BCUT2D eigenvalue weighted by Gasteiger charge is -2.11. The Morgan fingerprint density at radius 1 is 1.15 bits per heavy atom. The summed E-state index contributed by atoms with van der Waals surface area (Å²) in [6.45, 7) is 5.22. The minimum atomic E-state index is -0.0940. The maximum absolute atomic E-state index is 12.7. The summed E-state index contributed by atoms with van der Waals surface area (Å²) in [6.07, 6.45) is 4.43. The van der Waals surface area contributed by atoms with Crippen LogP contribution in [0.25, 0.3) is 22.2 Å². The van der Waals surface area contributed by atoms with Gasteiger partial charge in [-0.1, -0.05) is 18.2 Å². The van der Waals surface area contributed by atoms with Gasteiger partial charge >= 0.3 is 0 Å². The molecule has 0 aliphatic carbocycles. The van der Waals surface area contributed by atoms with Gasteiger partial charge in [0.2, 0.25) is 0 Å². The van der Waals surface area contributed by atoms with E-state index in [2.05, 4.69) is 15.3 Å². The van der Waals surface area contributed by atoms with Crippen LogP contribution in [0, 0.1) is 0 Å². The summed E-state index contributed by atoms with van der Waals surface area (Å²) in [7, 11) is 0. The van der Waals surface area contributed by atoms with Gasteiger partial charge in [0.15, 0.2) is 0 Å². The van der Waals surface area contributed by atoms with Crippen LogP contribution in [0.5, 0.6) is 0 Å². The molecule has 0 spiro atoms. The summed E-state index contributed by atoms with van der Waals surface area (Å²) < 4.78 is 5.51. The molecule has 1 N–H and O–H groups in total. The van der Waals surface area contributed by atoms with Gasteiger partial charge in [-0.05, 0) is 44.5 Å². The first-order valence-corrected chi connectivity index (χ1v) is 8.85. The fraction of sp³-hybridized carbons (Fsp3) is 0.286. The summed E-state index contributed by atoms with van der Waals surface area (Å²) in [6, 6.07) is 13.3. The average molecular weight is 349 g/mol. The first-order valence-electron chi connectivity index (χ1n) is 8.85. The number of ether oxygens (including phenoxy) is 1. The third-order valence-corrected chi connectivity index (χ3v) is 3.99. The number of hydrogen-bond acceptors (Lipinski definition) is 4. The number of hydrogen-bond donors (Lipinski definition) is 1. The molecule has 0 unspecified atom stereocenters. The normalized spacial score (nSPS) is 11.0. The molecule has 134 valence electrons. The SMILES string of the molecule is CC(C)OCCCNC(=O)c1cc(-c2ccncc2)nc2ccccc12. The van der Waals surface area contributed by atoms with Crippen LogP contribution in [0.3, 0.4) is 0 Å². The van der Waals surface area contributed by atoms with Gasteiger partial charge in [0.1, 0.15) is 0 Å². The zero-order valence-corrected chi connectivity index (χ0v) is 15.1. The molecule has 0 saturated heterocycles. The van der Waals surface area contributed by atoms with Gasteiger partial charge in [-0.2, -0.15) is 0 Å². The Kier molecular flexibility index (Phi) is 5.92. The first-order chi connectivity index (χ1) is 12.6. The first kappa shape index (κ1) is 18.0. The van der Waals surface area contributed by atoms with Crippen molar-refractivity contribution in [2.24, 2.45) is 0 Å². The van der Waals surface area contributed by atoms with Crippen molar-refractivity contribution in [1.29, 1.82) is 0 Å². The van der Waals surface area contributed by atoms with E-state index >= 15 is 0 Å². The summed E-state index contributed by atoms with van der Waals surface area (Å²) in [5, 5.41) is 3.83. The predicted octanol–water partition coefficient (Wildman–Crippen LogP) is 3.84. The monoisotopic (exact) mass is 349 g/mol. The highest BCUT2D eigenvalue weighted by molar-refractivity contribution is 6.07. The minimum absolute atomic E-state index is 0.0940. The smallest absolute Gasteiger partial charge is 0.252 e. The van der Waals surface area contributed by atoms with E-state index in [9.17, 15) is 4.79 Å². The van der Waals surface area contributed by atoms with E-state index in [0.717, 1.165) is 28.6 Å². The highest BCUT2D eigenvalue weighted by atomic mass is 16.5. The van der Waals surface area contributed by atoms with Gasteiger partial charge in [-0.15, -0.1) is 0 Å². The second-order valence-corrected chi connectivity index (χ2v) is 6.34. The number of rotatable bonds is 7. The van der Waals surface area contributed by atoms with Crippen molar-refractivity contribution < 1.29 is 9.53 Å². The largest absolute Gasteiger partial charge is 0.379 e. The fourth-order valence-electron chi connectivity index (χ4n) is 2.72. The van der Waals surface area contributed by atoms with Crippen molar-refractivity contribution in [2.75, 3.05) is 13.2 Å². The van der Waals surface area contributed by atoms with Crippen LogP contribution in [-0.4, -0.2) is 35.1 Å². The maximum Gasteiger partial charge on any atom is 0.252 e. The van der Waals surface area contributed by atoms with Gasteiger partial charge in [0.25, 0.3) is 5.91 Å². The second-order valence-electron chi connectivity index (χ2n) is 6.34. The molecule has 2 aromatic heterocycles. The number of amides is 1. The quantitative estimate of drug-likeness (QED) is 0.658. The molecule has 0 aliphatic heterocycles. The van der Waals surface area contributed by atoms with Crippen molar-refractivity contribution in [2.45, 2.75) is 26.4 Å². The molecule has 0 aliphatic rings. The van der Waals surface area contributed by atoms with Crippen molar-refractivity contribution in [1.82, 2.24) is 15.3 Å². The van der Waals surface area contributed by atoms with Gasteiger partial charge in [0.05, 0.1) is 22.9 Å². The molecule has 5 heteroatoms. The van der Waals surface area contributed by atoms with E-state index in [-0.39, 0.29) is 12.0 Å². The number of aromatic nitrogens is 2. The van der Waals surface area contributed by atoms with Gasteiger partial charge in [-0.3, -0.25) is 9.78 Å². The molecule has 3 rings (SSSR count). The molecule has 0 radical (unpaired) electrons. The van der Waals surface area contributed by atoms with Crippen LogP contribution in [-0.2, 0) is 4.74 Å². The Bertz CT molecular complexity index is 879. The Hall–Kier alpha value is -2.79. The third kappa shape index (κ3) is 4.43. The average Bonchev–Trinajstić information content (AvgIpc) is 2.67. The van der Waals surface area contributed by atoms with Crippen LogP contribution < -0.4 is 5.32 Å². The number of benzene rings is 1. The van der Waals surface area contributed by atoms with Gasteiger partial charge < -0.3 is 10.1 Å². The van der Waals surface area contributed by atoms with E-state index in [1.54, 1.807) is 12.4 Å². The summed E-state index contributed by atoms with van der Waals surface area (Å²) in [5.41, 5.74) is 3.13. The van der Waals surface area contributed by atoms with E-state index in [0.29, 0.717) is 18.7 Å². The topological polar surface area (TPSA) is 64.1 Å². The standard InChI is InChI=1S/C21H23N3O2/c1-15(2)26-13-5-10-23-21(25)18-14-20(16-8-11-22-12-9-16)24-19-7-4-3-6-17(18)19/h3-4,6-9,11-12,14-15H,5,10,13H2,1-2H3,(H,23,25). The molecular formula is C21H23N3O2. The highest BCUT2D eigenvalue weighted by Crippen LogP contribution is 2.24. The van der Waals surface area contributed by atoms with Gasteiger partial charge in [-0.25, -0.2) is 4.98 Å². The summed E-state index contributed by atoms with van der Waals surface area (Å²) >= 11 is 0. The number of para-hydroxylation sites is 1. The molecule has 26 heavy (non-hydrogen) atoms. The Balaban J connectivity index is 1.83. The zero-order valence-electron chi connectivity index (χ0n) is 15.1. The van der Waals surface area contributed by atoms with E-state index < -0.39 is 0 Å². The molecule has 0 atom stereocenters. The Morgan fingerprint density at radius 2 is 1.92 bits per heavy atom. The van der Waals surface area contributed by atoms with Crippen LogP contribution in [0.15, 0.2) is 54.9 Å². The van der Waals surface area contributed by atoms with Gasteiger partial charge in [0, 0.05) is 36.5 Å². The number of carbonyl (C=O) groups is 1. The molecule has 0 bridgehead atoms. The van der Waals surface area contributed by atoms with Crippen LogP contribution in [0.4, 0.5) is 0 Å². The molecule has 1 amide bonds. The highest BCUT2D eigenvalue weighted by Gasteiger charge is 2.13. The van der Waals surface area contributed by atoms with Crippen molar-refractivity contribution in [3.63, 3.8) is 0 Å². The Morgan fingerprint density at radius 3 is 2.69 bits per heavy atom. The number of fused-ring (bicyclic) bond motifs is 1. The fourth-order valence-corrected chi connectivity index (χ4v) is 2.72. The zero-order chi connectivity index (χ0) is 18.4. The third-order valence-electron chi connectivity index (χ3n) is 3.99. The number of nitrogens with zero attached hydrogens (tertiary/aromatic N) is 2. The van der Waals surface area contributed by atoms with Crippen LogP contribution in [0.1, 0.15) is 30.6 Å². The Labute approximate surface area is 153 Å². The predicted molar refractivity (Wildman–Crippen MR) is 103 cm³/mol. The lowest BCUT2D eigenvalue weighted by molar-refractivity contribution is 0.0757. The van der Waals surface area contributed by atoms with Crippen LogP contribution >= 0.6 is 0 Å². The molecule has 5 nitrogen and oxygen atoms in total. The van der Waals surface area contributed by atoms with Crippen LogP contribution in [0.2, 0.25) is 0 Å². The molecule has 0 fully saturated rings. The van der Waals surface area contributed by atoms with E-state index in [4.69, 9.17) is 4.74 Å². The number of pyridine rings is 2. The van der Waals surface area contributed by atoms with Crippen molar-refractivity contribution in [3.8, 4) is 11.3 Å². The number of carbonyl (C=O) groups excluding carboxylic acids is 1. The van der Waals surface area contributed by atoms with Crippen molar-refractivity contribution in [3.05, 3.63) is 60.4 Å². The molecule has 3 aromatic rings. The second kappa shape index (κ2) is 8.54. The molecule has 2 heterocycles. The van der Waals surface area contributed by atoms with E-state index in [1.165, 1.54) is 0 Å².